The molecule has 0 radical (unpaired) electrons. The molecule has 3 rings (SSSR count). The Balaban J connectivity index is 1.95. The number of aryl methyl sites for hydroxylation is 1. The van der Waals surface area contributed by atoms with Crippen LogP contribution in [0.5, 0.6) is 0 Å². The van der Waals surface area contributed by atoms with Crippen LogP contribution in [0.3, 0.4) is 0 Å². The monoisotopic (exact) mass is 276 g/mol. The Morgan fingerprint density at radius 3 is 2.89 bits per heavy atom. The van der Waals surface area contributed by atoms with E-state index in [2.05, 4.69) is 10.3 Å². The van der Waals surface area contributed by atoms with Crippen molar-refractivity contribution in [2.75, 3.05) is 6.54 Å². The molecule has 0 saturated carbocycles. The fraction of sp³-hybridized carbons (Fsp3) is 0.400. The maximum atomic E-state index is 13.9. The fourth-order valence-electron chi connectivity index (χ4n) is 2.53. The summed E-state index contributed by atoms with van der Waals surface area (Å²) in [6.45, 7) is 3.07. The highest BCUT2D eigenvalue weighted by Gasteiger charge is 2.21. The number of rotatable bonds is 2. The van der Waals surface area contributed by atoms with Crippen LogP contribution in [0.1, 0.15) is 35.2 Å². The first-order valence-electron chi connectivity index (χ1n) is 6.71. The van der Waals surface area contributed by atoms with E-state index in [1.54, 1.807) is 23.5 Å². The van der Waals surface area contributed by atoms with E-state index >= 15 is 0 Å². The number of hydrogen-bond donors (Lipinski definition) is 1. The average molecular weight is 276 g/mol. The second-order valence-corrected chi connectivity index (χ2v) is 6.17. The maximum absolute atomic E-state index is 13.9. The van der Waals surface area contributed by atoms with E-state index in [9.17, 15) is 4.39 Å². The number of halogens is 1. The molecule has 100 valence electrons. The number of benzene rings is 1. The average Bonchev–Trinajstić information content (AvgIpc) is 2.82. The molecule has 2 nitrogen and oxygen atoms in total. The van der Waals surface area contributed by atoms with Gasteiger partial charge in [-0.25, -0.2) is 9.37 Å². The molecular formula is C15H17FN2S. The van der Waals surface area contributed by atoms with Gasteiger partial charge in [0.25, 0.3) is 0 Å². The van der Waals surface area contributed by atoms with Crippen molar-refractivity contribution in [1.29, 1.82) is 0 Å². The number of nitrogens with one attached hydrogen (secondary N) is 1. The third-order valence-electron chi connectivity index (χ3n) is 3.55. The zero-order valence-electron chi connectivity index (χ0n) is 10.9. The van der Waals surface area contributed by atoms with Gasteiger partial charge in [-0.3, -0.25) is 0 Å². The van der Waals surface area contributed by atoms with Crippen LogP contribution in [-0.4, -0.2) is 11.5 Å². The zero-order chi connectivity index (χ0) is 13.2. The van der Waals surface area contributed by atoms with Crippen molar-refractivity contribution in [3.8, 4) is 11.3 Å². The number of hydrogen-bond acceptors (Lipinski definition) is 3. The summed E-state index contributed by atoms with van der Waals surface area (Å²) in [4.78, 5) is 5.77. The van der Waals surface area contributed by atoms with Gasteiger partial charge in [-0.1, -0.05) is 18.6 Å². The van der Waals surface area contributed by atoms with Crippen molar-refractivity contribution in [3.05, 3.63) is 40.0 Å². The molecule has 1 aromatic carbocycles. The van der Waals surface area contributed by atoms with Crippen LogP contribution in [0.2, 0.25) is 0 Å². The lowest BCUT2D eigenvalue weighted by Gasteiger charge is -2.21. The van der Waals surface area contributed by atoms with E-state index in [0.29, 0.717) is 11.6 Å². The van der Waals surface area contributed by atoms with Gasteiger partial charge in [-0.05, 0) is 38.4 Å². The quantitative estimate of drug-likeness (QED) is 0.894. The number of thiazole rings is 1. The van der Waals surface area contributed by atoms with Crippen molar-refractivity contribution in [2.24, 2.45) is 0 Å². The molecule has 1 unspecified atom stereocenters. The minimum absolute atomic E-state index is 0.195. The van der Waals surface area contributed by atoms with Gasteiger partial charge in [0.1, 0.15) is 10.8 Å². The maximum Gasteiger partial charge on any atom is 0.132 e. The summed E-state index contributed by atoms with van der Waals surface area (Å²) in [6, 6.07) is 7.21. The molecule has 0 bridgehead atoms. The van der Waals surface area contributed by atoms with Crippen molar-refractivity contribution in [2.45, 2.75) is 32.2 Å². The van der Waals surface area contributed by atoms with Crippen LogP contribution >= 0.6 is 11.3 Å². The normalized spacial score (nSPS) is 19.6. The third-order valence-corrected chi connectivity index (χ3v) is 4.64. The lowest BCUT2D eigenvalue weighted by molar-refractivity contribution is 0.411. The van der Waals surface area contributed by atoms with Crippen molar-refractivity contribution in [3.63, 3.8) is 0 Å². The number of piperidine rings is 1. The van der Waals surface area contributed by atoms with Gasteiger partial charge in [-0.2, -0.15) is 0 Å². The molecule has 4 heteroatoms. The summed E-state index contributed by atoms with van der Waals surface area (Å²) in [6.07, 6.45) is 3.61. The predicted octanol–water partition coefficient (Wildman–Crippen LogP) is 4.07. The van der Waals surface area contributed by atoms with Crippen LogP contribution < -0.4 is 5.32 Å². The Morgan fingerprint density at radius 1 is 1.32 bits per heavy atom. The minimum atomic E-state index is -0.195. The SMILES string of the molecule is Cc1sc(C2CCCCN2)nc1-c1ccccc1F. The first kappa shape index (κ1) is 12.8. The molecule has 19 heavy (non-hydrogen) atoms. The van der Waals surface area contributed by atoms with E-state index in [4.69, 9.17) is 0 Å². The summed E-state index contributed by atoms with van der Waals surface area (Å²) >= 11 is 1.68. The van der Waals surface area contributed by atoms with E-state index < -0.39 is 0 Å². The molecule has 1 aliphatic rings. The highest BCUT2D eigenvalue weighted by Crippen LogP contribution is 2.34. The highest BCUT2D eigenvalue weighted by molar-refractivity contribution is 7.12. The zero-order valence-corrected chi connectivity index (χ0v) is 11.8. The Hall–Kier alpha value is -1.26. The predicted molar refractivity (Wildman–Crippen MR) is 76.8 cm³/mol. The molecule has 2 heterocycles. The molecule has 0 aliphatic carbocycles. The van der Waals surface area contributed by atoms with Crippen LogP contribution in [0, 0.1) is 12.7 Å². The van der Waals surface area contributed by atoms with Crippen LogP contribution in [0.4, 0.5) is 4.39 Å². The smallest absolute Gasteiger partial charge is 0.132 e. The van der Waals surface area contributed by atoms with Gasteiger partial charge in [0.05, 0.1) is 11.7 Å². The van der Waals surface area contributed by atoms with Gasteiger partial charge >= 0.3 is 0 Å². The first-order chi connectivity index (χ1) is 9.25. The Morgan fingerprint density at radius 2 is 2.16 bits per heavy atom. The highest BCUT2D eigenvalue weighted by atomic mass is 32.1. The topological polar surface area (TPSA) is 24.9 Å². The standard InChI is InChI=1S/C15H17FN2S/c1-10-14(11-6-2-3-7-12(11)16)18-15(19-10)13-8-4-5-9-17-13/h2-3,6-7,13,17H,4-5,8-9H2,1H3. The number of aromatic nitrogens is 1. The van der Waals surface area contributed by atoms with Crippen molar-refractivity contribution in [1.82, 2.24) is 10.3 Å². The van der Waals surface area contributed by atoms with Gasteiger partial charge in [-0.15, -0.1) is 11.3 Å². The third kappa shape index (κ3) is 2.55. The largest absolute Gasteiger partial charge is 0.308 e. The molecule has 1 fully saturated rings. The number of nitrogens with zero attached hydrogens (tertiary/aromatic N) is 1. The van der Waals surface area contributed by atoms with Crippen LogP contribution in [-0.2, 0) is 0 Å². The van der Waals surface area contributed by atoms with Gasteiger partial charge in [0.15, 0.2) is 0 Å². The summed E-state index contributed by atoms with van der Waals surface area (Å²) < 4.78 is 13.9. The summed E-state index contributed by atoms with van der Waals surface area (Å²) in [5.74, 6) is -0.195. The Kier molecular flexibility index (Phi) is 3.62. The van der Waals surface area contributed by atoms with E-state index in [1.807, 2.05) is 13.0 Å². The fourth-order valence-corrected chi connectivity index (χ4v) is 3.58. The van der Waals surface area contributed by atoms with Crippen molar-refractivity contribution >= 4 is 11.3 Å². The summed E-state index contributed by atoms with van der Waals surface area (Å²) in [5.41, 5.74) is 1.41. The van der Waals surface area contributed by atoms with E-state index in [-0.39, 0.29) is 5.82 Å². The molecule has 2 aromatic rings. The second-order valence-electron chi connectivity index (χ2n) is 4.94. The van der Waals surface area contributed by atoms with Gasteiger partial charge < -0.3 is 5.32 Å². The Labute approximate surface area is 116 Å². The van der Waals surface area contributed by atoms with Crippen LogP contribution in [0.25, 0.3) is 11.3 Å². The van der Waals surface area contributed by atoms with Crippen LogP contribution in [0.15, 0.2) is 24.3 Å². The molecule has 0 spiro atoms. The lowest BCUT2D eigenvalue weighted by atomic mass is 10.1. The molecule has 1 aliphatic heterocycles. The summed E-state index contributed by atoms with van der Waals surface area (Å²) in [5, 5.41) is 4.59. The van der Waals surface area contributed by atoms with Gasteiger partial charge in [0, 0.05) is 10.4 Å². The second kappa shape index (κ2) is 5.39. The lowest BCUT2D eigenvalue weighted by Crippen LogP contribution is -2.26. The molecular weight excluding hydrogens is 259 g/mol. The molecule has 1 N–H and O–H groups in total. The Bertz CT molecular complexity index is 573. The molecule has 1 atom stereocenters. The van der Waals surface area contributed by atoms with E-state index in [1.165, 1.54) is 18.9 Å². The van der Waals surface area contributed by atoms with Crippen molar-refractivity contribution < 1.29 is 4.39 Å². The molecule has 1 saturated heterocycles. The van der Waals surface area contributed by atoms with E-state index in [0.717, 1.165) is 28.5 Å². The van der Waals surface area contributed by atoms with Gasteiger partial charge in [0.2, 0.25) is 0 Å². The molecule has 0 amide bonds. The minimum Gasteiger partial charge on any atom is -0.308 e. The molecule has 1 aromatic heterocycles. The first-order valence-corrected chi connectivity index (χ1v) is 7.53. The summed E-state index contributed by atoms with van der Waals surface area (Å²) in [7, 11) is 0.